The first kappa shape index (κ1) is 12.8. The van der Waals surface area contributed by atoms with Crippen LogP contribution < -0.4 is 9.47 Å². The zero-order valence-electron chi connectivity index (χ0n) is 10.9. The van der Waals surface area contributed by atoms with Gasteiger partial charge in [0.1, 0.15) is 12.3 Å². The van der Waals surface area contributed by atoms with Crippen molar-refractivity contribution in [2.24, 2.45) is 0 Å². The molecule has 0 amide bonds. The molecule has 102 valence electrons. The molecule has 0 aliphatic rings. The van der Waals surface area contributed by atoms with Gasteiger partial charge in [0.15, 0.2) is 11.5 Å². The van der Waals surface area contributed by atoms with E-state index in [1.807, 2.05) is 53.2 Å². The van der Waals surface area contributed by atoms with Crippen molar-refractivity contribution in [1.82, 2.24) is 9.38 Å². The second kappa shape index (κ2) is 5.43. The van der Waals surface area contributed by atoms with Crippen molar-refractivity contribution < 1.29 is 9.47 Å². The Balaban J connectivity index is 1.79. The quantitative estimate of drug-likeness (QED) is 0.736. The zero-order valence-corrected chi connectivity index (χ0v) is 11.7. The van der Waals surface area contributed by atoms with Gasteiger partial charge >= 0.3 is 0 Å². The fraction of sp³-hybridized carbons (Fsp3) is 0.133. The number of ether oxygens (including phenoxy) is 2. The number of rotatable bonds is 4. The molecule has 3 rings (SSSR count). The summed E-state index contributed by atoms with van der Waals surface area (Å²) in [5.74, 6) is 1.41. The minimum Gasteiger partial charge on any atom is -0.493 e. The van der Waals surface area contributed by atoms with E-state index in [4.69, 9.17) is 21.1 Å². The highest BCUT2D eigenvalue weighted by Gasteiger charge is 2.06. The first-order chi connectivity index (χ1) is 9.76. The summed E-state index contributed by atoms with van der Waals surface area (Å²) in [6.45, 7) is 0.375. The number of aromatic nitrogens is 2. The maximum absolute atomic E-state index is 5.94. The Labute approximate surface area is 121 Å². The Morgan fingerprint density at radius 1 is 1.20 bits per heavy atom. The predicted octanol–water partition coefficient (Wildman–Crippen LogP) is 3.58. The number of hydrogen-bond donors (Lipinski definition) is 0. The fourth-order valence-corrected chi connectivity index (χ4v) is 2.12. The van der Waals surface area contributed by atoms with Crippen LogP contribution in [0.25, 0.3) is 5.65 Å². The van der Waals surface area contributed by atoms with Gasteiger partial charge in [-0.25, -0.2) is 4.98 Å². The van der Waals surface area contributed by atoms with Crippen LogP contribution in [0.3, 0.4) is 0 Å². The van der Waals surface area contributed by atoms with Crippen LogP contribution in [0.4, 0.5) is 0 Å². The number of halogens is 1. The van der Waals surface area contributed by atoms with Crippen molar-refractivity contribution in [3.63, 3.8) is 0 Å². The lowest BCUT2D eigenvalue weighted by atomic mass is 10.3. The average Bonchev–Trinajstić information content (AvgIpc) is 2.87. The van der Waals surface area contributed by atoms with Crippen molar-refractivity contribution in [2.75, 3.05) is 7.11 Å². The third-order valence-electron chi connectivity index (χ3n) is 2.92. The topological polar surface area (TPSA) is 35.8 Å². The van der Waals surface area contributed by atoms with Gasteiger partial charge in [-0.2, -0.15) is 0 Å². The molecule has 0 spiro atoms. The highest BCUT2D eigenvalue weighted by atomic mass is 35.5. The molecule has 20 heavy (non-hydrogen) atoms. The van der Waals surface area contributed by atoms with Crippen LogP contribution in [-0.2, 0) is 6.61 Å². The lowest BCUT2D eigenvalue weighted by molar-refractivity contribution is 0.281. The number of nitrogens with zero attached hydrogens (tertiary/aromatic N) is 2. The maximum atomic E-state index is 5.94. The largest absolute Gasteiger partial charge is 0.493 e. The molecule has 0 atom stereocenters. The minimum atomic E-state index is 0.375. The SMILES string of the molecule is COc1ccccc1OCc1cn2ccc(Cl)cc2n1. The van der Waals surface area contributed by atoms with E-state index >= 15 is 0 Å². The number of fused-ring (bicyclic) bond motifs is 1. The maximum Gasteiger partial charge on any atom is 0.161 e. The van der Waals surface area contributed by atoms with Gasteiger partial charge in [-0.1, -0.05) is 23.7 Å². The molecule has 1 aromatic carbocycles. The van der Waals surface area contributed by atoms with E-state index in [-0.39, 0.29) is 0 Å². The van der Waals surface area contributed by atoms with Crippen molar-refractivity contribution in [3.8, 4) is 11.5 Å². The Kier molecular flexibility index (Phi) is 3.48. The third kappa shape index (κ3) is 2.56. The highest BCUT2D eigenvalue weighted by molar-refractivity contribution is 6.30. The second-order valence-corrected chi connectivity index (χ2v) is 4.72. The van der Waals surface area contributed by atoms with E-state index in [0.29, 0.717) is 23.1 Å². The summed E-state index contributed by atoms with van der Waals surface area (Å²) in [5, 5.41) is 0.667. The summed E-state index contributed by atoms with van der Waals surface area (Å²) in [6.07, 6.45) is 3.79. The van der Waals surface area contributed by atoms with E-state index in [9.17, 15) is 0 Å². The number of methoxy groups -OCH3 is 1. The Morgan fingerprint density at radius 3 is 2.80 bits per heavy atom. The first-order valence-corrected chi connectivity index (χ1v) is 6.53. The molecule has 3 aromatic rings. The van der Waals surface area contributed by atoms with Gasteiger partial charge in [-0.3, -0.25) is 0 Å². The number of pyridine rings is 1. The van der Waals surface area contributed by atoms with Crippen LogP contribution in [0.5, 0.6) is 11.5 Å². The Hall–Kier alpha value is -2.20. The molecular weight excluding hydrogens is 276 g/mol. The van der Waals surface area contributed by atoms with Crippen molar-refractivity contribution in [1.29, 1.82) is 0 Å². The van der Waals surface area contributed by atoms with E-state index in [0.717, 1.165) is 11.3 Å². The molecule has 0 N–H and O–H groups in total. The van der Waals surface area contributed by atoms with E-state index in [1.54, 1.807) is 7.11 Å². The molecule has 0 aliphatic heterocycles. The molecule has 0 fully saturated rings. The monoisotopic (exact) mass is 288 g/mol. The normalized spacial score (nSPS) is 10.7. The van der Waals surface area contributed by atoms with E-state index < -0.39 is 0 Å². The summed E-state index contributed by atoms with van der Waals surface area (Å²) < 4.78 is 12.9. The van der Waals surface area contributed by atoms with Crippen molar-refractivity contribution >= 4 is 17.2 Å². The Morgan fingerprint density at radius 2 is 2.00 bits per heavy atom. The van der Waals surface area contributed by atoms with Gasteiger partial charge in [-0.05, 0) is 24.3 Å². The van der Waals surface area contributed by atoms with Crippen LogP contribution in [0.15, 0.2) is 48.8 Å². The molecular formula is C15H13ClN2O2. The molecule has 0 aliphatic carbocycles. The summed E-state index contributed by atoms with van der Waals surface area (Å²) >= 11 is 5.94. The van der Waals surface area contributed by atoms with Gasteiger partial charge in [0, 0.05) is 17.4 Å². The predicted molar refractivity (Wildman–Crippen MR) is 77.5 cm³/mol. The lowest BCUT2D eigenvalue weighted by Crippen LogP contribution is -1.97. The van der Waals surface area contributed by atoms with Crippen LogP contribution in [0.1, 0.15) is 5.69 Å². The van der Waals surface area contributed by atoms with Crippen molar-refractivity contribution in [2.45, 2.75) is 6.61 Å². The number of imidazole rings is 1. The van der Waals surface area contributed by atoms with Crippen LogP contribution in [0.2, 0.25) is 5.02 Å². The molecule has 0 unspecified atom stereocenters. The van der Waals surface area contributed by atoms with Crippen molar-refractivity contribution in [3.05, 3.63) is 59.5 Å². The van der Waals surface area contributed by atoms with Gasteiger partial charge < -0.3 is 13.9 Å². The number of para-hydroxylation sites is 2. The molecule has 4 nitrogen and oxygen atoms in total. The summed E-state index contributed by atoms with van der Waals surface area (Å²) in [4.78, 5) is 4.46. The second-order valence-electron chi connectivity index (χ2n) is 4.28. The summed E-state index contributed by atoms with van der Waals surface area (Å²) in [7, 11) is 1.62. The summed E-state index contributed by atoms with van der Waals surface area (Å²) in [6, 6.07) is 11.2. The highest BCUT2D eigenvalue weighted by Crippen LogP contribution is 2.26. The number of benzene rings is 1. The summed E-state index contributed by atoms with van der Waals surface area (Å²) in [5.41, 5.74) is 1.63. The van der Waals surface area contributed by atoms with Gasteiger partial charge in [0.25, 0.3) is 0 Å². The van der Waals surface area contributed by atoms with E-state index in [1.165, 1.54) is 0 Å². The molecule has 0 radical (unpaired) electrons. The van der Waals surface area contributed by atoms with Crippen LogP contribution in [0, 0.1) is 0 Å². The van der Waals surface area contributed by atoms with Gasteiger partial charge in [0.05, 0.1) is 12.8 Å². The minimum absolute atomic E-state index is 0.375. The average molecular weight is 289 g/mol. The standard InChI is InChI=1S/C15H13ClN2O2/c1-19-13-4-2-3-5-14(13)20-10-12-9-18-7-6-11(16)8-15(18)17-12/h2-9H,10H2,1H3. The molecule has 0 bridgehead atoms. The van der Waals surface area contributed by atoms with Crippen LogP contribution >= 0.6 is 11.6 Å². The first-order valence-electron chi connectivity index (χ1n) is 6.15. The van der Waals surface area contributed by atoms with E-state index in [2.05, 4.69) is 4.98 Å². The number of hydrogen-bond acceptors (Lipinski definition) is 3. The van der Waals surface area contributed by atoms with Crippen LogP contribution in [-0.4, -0.2) is 16.5 Å². The zero-order chi connectivity index (χ0) is 13.9. The van der Waals surface area contributed by atoms with Gasteiger partial charge in [0.2, 0.25) is 0 Å². The molecule has 0 saturated carbocycles. The Bertz CT molecular complexity index is 740. The lowest BCUT2D eigenvalue weighted by Gasteiger charge is -2.08. The molecule has 0 saturated heterocycles. The fourth-order valence-electron chi connectivity index (χ4n) is 1.97. The molecule has 5 heteroatoms. The smallest absolute Gasteiger partial charge is 0.161 e. The third-order valence-corrected chi connectivity index (χ3v) is 3.15. The molecule has 2 heterocycles. The van der Waals surface area contributed by atoms with Gasteiger partial charge in [-0.15, -0.1) is 0 Å². The molecule has 2 aromatic heterocycles.